The van der Waals surface area contributed by atoms with Crippen LogP contribution in [0.1, 0.15) is 20.7 Å². The first-order valence-corrected chi connectivity index (χ1v) is 8.18. The van der Waals surface area contributed by atoms with Crippen molar-refractivity contribution in [1.82, 2.24) is 15.8 Å². The number of morpholine rings is 1. The first-order valence-electron chi connectivity index (χ1n) is 8.18. The van der Waals surface area contributed by atoms with Crippen molar-refractivity contribution in [3.05, 3.63) is 64.0 Å². The number of nitrogens with zero attached hydrogens (tertiary/aromatic N) is 3. The van der Waals surface area contributed by atoms with E-state index in [2.05, 4.69) is 15.8 Å². The number of nitro benzene ring substituents is 1. The molecule has 0 saturated carbocycles. The van der Waals surface area contributed by atoms with E-state index >= 15 is 0 Å². The van der Waals surface area contributed by atoms with Crippen LogP contribution in [0.2, 0.25) is 0 Å². The second kappa shape index (κ2) is 8.23. The van der Waals surface area contributed by atoms with Crippen molar-refractivity contribution in [2.45, 2.75) is 0 Å². The second-order valence-electron chi connectivity index (χ2n) is 5.71. The number of benzene rings is 1. The van der Waals surface area contributed by atoms with Crippen molar-refractivity contribution in [3.63, 3.8) is 0 Å². The molecule has 0 radical (unpaired) electrons. The molecule has 1 aliphatic heterocycles. The smallest absolute Gasteiger partial charge is 0.293 e. The van der Waals surface area contributed by atoms with E-state index < -0.39 is 16.7 Å². The van der Waals surface area contributed by atoms with E-state index in [0.29, 0.717) is 32.0 Å². The van der Waals surface area contributed by atoms with Crippen LogP contribution in [0.5, 0.6) is 0 Å². The van der Waals surface area contributed by atoms with Gasteiger partial charge in [-0.2, -0.15) is 0 Å². The lowest BCUT2D eigenvalue weighted by atomic mass is 10.1. The van der Waals surface area contributed by atoms with Gasteiger partial charge in [-0.25, -0.2) is 0 Å². The van der Waals surface area contributed by atoms with Crippen molar-refractivity contribution in [2.75, 3.05) is 31.2 Å². The maximum atomic E-state index is 12.2. The van der Waals surface area contributed by atoms with Crippen LogP contribution in [-0.2, 0) is 4.74 Å². The van der Waals surface area contributed by atoms with E-state index in [1.807, 2.05) is 4.90 Å². The van der Waals surface area contributed by atoms with Crippen molar-refractivity contribution in [2.24, 2.45) is 0 Å². The van der Waals surface area contributed by atoms with E-state index in [0.717, 1.165) is 0 Å². The highest BCUT2D eigenvalue weighted by atomic mass is 16.6. The van der Waals surface area contributed by atoms with E-state index in [-0.39, 0.29) is 16.8 Å². The minimum atomic E-state index is -0.663. The predicted octanol–water partition coefficient (Wildman–Crippen LogP) is 0.901. The fourth-order valence-corrected chi connectivity index (χ4v) is 2.64. The molecule has 0 aliphatic carbocycles. The first kappa shape index (κ1) is 18.3. The Hall–Kier alpha value is -3.53. The summed E-state index contributed by atoms with van der Waals surface area (Å²) in [6, 6.07) is 7.32. The predicted molar refractivity (Wildman–Crippen MR) is 95.3 cm³/mol. The monoisotopic (exact) mass is 371 g/mol. The fourth-order valence-electron chi connectivity index (χ4n) is 2.64. The zero-order valence-corrected chi connectivity index (χ0v) is 14.3. The maximum absolute atomic E-state index is 12.2. The van der Waals surface area contributed by atoms with Gasteiger partial charge >= 0.3 is 0 Å². The molecule has 140 valence electrons. The highest BCUT2D eigenvalue weighted by Gasteiger charge is 2.23. The molecule has 1 aliphatic rings. The van der Waals surface area contributed by atoms with Crippen molar-refractivity contribution >= 4 is 23.2 Å². The highest BCUT2D eigenvalue weighted by molar-refractivity contribution is 5.99. The van der Waals surface area contributed by atoms with Gasteiger partial charge in [0.1, 0.15) is 5.69 Å². The average Bonchev–Trinajstić information content (AvgIpc) is 2.72. The molecule has 2 amide bonds. The van der Waals surface area contributed by atoms with Crippen molar-refractivity contribution in [3.8, 4) is 0 Å². The van der Waals surface area contributed by atoms with Gasteiger partial charge in [-0.05, 0) is 24.3 Å². The number of hydrogen-bond acceptors (Lipinski definition) is 7. The number of carbonyl (C=O) groups is 2. The molecular formula is C17H17N5O5. The third kappa shape index (κ3) is 4.36. The van der Waals surface area contributed by atoms with Gasteiger partial charge in [-0.15, -0.1) is 0 Å². The summed E-state index contributed by atoms with van der Waals surface area (Å²) in [5.41, 5.74) is 5.07. The fraction of sp³-hybridized carbons (Fsp3) is 0.235. The molecule has 0 spiro atoms. The van der Waals surface area contributed by atoms with E-state index in [1.165, 1.54) is 36.7 Å². The van der Waals surface area contributed by atoms with Gasteiger partial charge in [0.05, 0.1) is 23.7 Å². The number of hydrogen-bond donors (Lipinski definition) is 2. The normalized spacial score (nSPS) is 13.7. The van der Waals surface area contributed by atoms with Crippen LogP contribution in [0.4, 0.5) is 11.4 Å². The van der Waals surface area contributed by atoms with E-state index in [9.17, 15) is 19.7 Å². The Morgan fingerprint density at radius 1 is 1.11 bits per heavy atom. The van der Waals surface area contributed by atoms with Crippen LogP contribution < -0.4 is 15.8 Å². The van der Waals surface area contributed by atoms with Crippen LogP contribution in [0.3, 0.4) is 0 Å². The molecule has 1 fully saturated rings. The van der Waals surface area contributed by atoms with Gasteiger partial charge in [-0.3, -0.25) is 35.5 Å². The summed E-state index contributed by atoms with van der Waals surface area (Å²) in [6.45, 7) is 2.04. The summed E-state index contributed by atoms with van der Waals surface area (Å²) < 4.78 is 5.25. The molecule has 1 aromatic carbocycles. The summed E-state index contributed by atoms with van der Waals surface area (Å²) in [7, 11) is 0. The van der Waals surface area contributed by atoms with E-state index in [1.54, 1.807) is 6.07 Å². The van der Waals surface area contributed by atoms with Crippen LogP contribution in [0.15, 0.2) is 42.7 Å². The summed E-state index contributed by atoms with van der Waals surface area (Å²) in [6.07, 6.45) is 2.87. The lowest BCUT2D eigenvalue weighted by Gasteiger charge is -2.28. The Morgan fingerprint density at radius 3 is 2.44 bits per heavy atom. The average molecular weight is 371 g/mol. The Balaban J connectivity index is 1.72. The molecule has 10 nitrogen and oxygen atoms in total. The Morgan fingerprint density at radius 2 is 1.81 bits per heavy atom. The SMILES string of the molecule is O=C(NNC(=O)c1ccc(N2CCOCC2)c([N+](=O)[O-])c1)c1cccnc1. The number of anilines is 1. The zero-order valence-electron chi connectivity index (χ0n) is 14.3. The number of ether oxygens (including phenoxy) is 1. The van der Waals surface area contributed by atoms with Gasteiger partial charge in [0.25, 0.3) is 17.5 Å². The molecule has 1 saturated heterocycles. The van der Waals surface area contributed by atoms with Gasteiger partial charge in [0.2, 0.25) is 0 Å². The van der Waals surface area contributed by atoms with Gasteiger partial charge in [-0.1, -0.05) is 0 Å². The van der Waals surface area contributed by atoms with Crippen LogP contribution in [0.25, 0.3) is 0 Å². The lowest BCUT2D eigenvalue weighted by Crippen LogP contribution is -2.41. The number of nitrogens with one attached hydrogen (secondary N) is 2. The molecule has 0 bridgehead atoms. The van der Waals surface area contributed by atoms with Crippen LogP contribution in [-0.4, -0.2) is 48.0 Å². The number of rotatable bonds is 4. The Kier molecular flexibility index (Phi) is 5.57. The molecule has 2 N–H and O–H groups in total. The maximum Gasteiger partial charge on any atom is 0.293 e. The van der Waals surface area contributed by atoms with Crippen LogP contribution in [0, 0.1) is 10.1 Å². The molecule has 0 unspecified atom stereocenters. The summed E-state index contributed by atoms with van der Waals surface area (Å²) in [5, 5.41) is 11.4. The number of amides is 2. The van der Waals surface area contributed by atoms with Gasteiger partial charge in [0.15, 0.2) is 0 Å². The van der Waals surface area contributed by atoms with Gasteiger partial charge < -0.3 is 9.64 Å². The number of aromatic nitrogens is 1. The zero-order chi connectivity index (χ0) is 19.2. The first-order chi connectivity index (χ1) is 13.1. The molecular weight excluding hydrogens is 354 g/mol. The molecule has 0 atom stereocenters. The third-order valence-corrected chi connectivity index (χ3v) is 4.00. The highest BCUT2D eigenvalue weighted by Crippen LogP contribution is 2.29. The number of nitro groups is 1. The minimum absolute atomic E-state index is 0.0604. The second-order valence-corrected chi connectivity index (χ2v) is 5.71. The number of carbonyl (C=O) groups excluding carboxylic acids is 2. The molecule has 3 rings (SSSR count). The Bertz CT molecular complexity index is 852. The van der Waals surface area contributed by atoms with E-state index in [4.69, 9.17) is 4.74 Å². The number of pyridine rings is 1. The molecule has 2 heterocycles. The summed E-state index contributed by atoms with van der Waals surface area (Å²) in [4.78, 5) is 40.7. The molecule has 27 heavy (non-hydrogen) atoms. The topological polar surface area (TPSA) is 127 Å². The quantitative estimate of drug-likeness (QED) is 0.604. The standard InChI is InChI=1S/C17H17N5O5/c23-16(19-20-17(24)13-2-1-5-18-11-13)12-3-4-14(15(10-12)22(25)26)21-6-8-27-9-7-21/h1-5,10-11H,6-9H2,(H,19,23)(H,20,24). The summed E-state index contributed by atoms with van der Waals surface area (Å²) in [5.74, 6) is -1.21. The Labute approximate surface area is 154 Å². The third-order valence-electron chi connectivity index (χ3n) is 4.00. The van der Waals surface area contributed by atoms with Crippen molar-refractivity contribution in [1.29, 1.82) is 0 Å². The van der Waals surface area contributed by atoms with Crippen LogP contribution >= 0.6 is 0 Å². The number of hydrazine groups is 1. The molecule has 2 aromatic rings. The lowest BCUT2D eigenvalue weighted by molar-refractivity contribution is -0.384. The molecule has 10 heteroatoms. The molecule has 1 aromatic heterocycles. The van der Waals surface area contributed by atoms with Gasteiger partial charge in [0, 0.05) is 37.1 Å². The summed E-state index contributed by atoms with van der Waals surface area (Å²) >= 11 is 0. The van der Waals surface area contributed by atoms with Crippen molar-refractivity contribution < 1.29 is 19.2 Å². The minimum Gasteiger partial charge on any atom is -0.378 e. The largest absolute Gasteiger partial charge is 0.378 e.